The summed E-state index contributed by atoms with van der Waals surface area (Å²) < 4.78 is 17.0. The van der Waals surface area contributed by atoms with E-state index in [4.69, 9.17) is 4.74 Å². The van der Waals surface area contributed by atoms with E-state index >= 15 is 0 Å². The van der Waals surface area contributed by atoms with Crippen LogP contribution in [-0.4, -0.2) is 32.4 Å². The van der Waals surface area contributed by atoms with Gasteiger partial charge >= 0.3 is 6.09 Å². The molecule has 98 valence electrons. The predicted octanol–water partition coefficient (Wildman–Crippen LogP) is 1.95. The maximum Gasteiger partial charge on any atom is 0.407 e. The van der Waals surface area contributed by atoms with Crippen LogP contribution in [0.5, 0.6) is 0 Å². The van der Waals surface area contributed by atoms with E-state index in [0.29, 0.717) is 0 Å². The number of fused-ring (bicyclic) bond motifs is 2. The number of rotatable bonds is 1. The molecular weight excluding hydrogens is 238 g/mol. The number of carbonyl (C=O) groups is 1. The molecule has 2 rings (SSSR count). The van der Waals surface area contributed by atoms with Gasteiger partial charge in [-0.1, -0.05) is 0 Å². The number of alkyl carbamates (subject to hydrolysis) is 1. The molecule has 0 aliphatic carbocycles. The summed E-state index contributed by atoms with van der Waals surface area (Å²) in [6.45, 7) is 5.56. The van der Waals surface area contributed by atoms with Crippen molar-refractivity contribution < 1.29 is 13.7 Å². The minimum absolute atomic E-state index is 0.139. The number of nitrogens with one attached hydrogen (secondary N) is 1. The summed E-state index contributed by atoms with van der Waals surface area (Å²) >= 11 is 0. The Kier molecular flexibility index (Phi) is 3.48. The van der Waals surface area contributed by atoms with E-state index in [1.807, 2.05) is 20.8 Å². The van der Waals surface area contributed by atoms with Gasteiger partial charge in [0.1, 0.15) is 5.60 Å². The van der Waals surface area contributed by atoms with E-state index in [1.165, 1.54) is 0 Å². The fourth-order valence-corrected chi connectivity index (χ4v) is 4.75. The summed E-state index contributed by atoms with van der Waals surface area (Å²) in [7, 11) is -0.665. The standard InChI is InChI=1S/C12H21NO3S/c1-12(2,3)16-11(14)13-8-6-9-4-5-10(7-8)17(9)15/h8-10H,4-7H2,1-3H3,(H,13,14). The zero-order valence-corrected chi connectivity index (χ0v) is 11.5. The topological polar surface area (TPSA) is 55.4 Å². The number of amides is 1. The molecule has 2 saturated heterocycles. The lowest BCUT2D eigenvalue weighted by Crippen LogP contribution is -2.45. The van der Waals surface area contributed by atoms with Crippen LogP contribution in [-0.2, 0) is 15.5 Å². The van der Waals surface area contributed by atoms with E-state index in [2.05, 4.69) is 5.32 Å². The predicted molar refractivity (Wildman–Crippen MR) is 67.3 cm³/mol. The van der Waals surface area contributed by atoms with Crippen LogP contribution in [0.4, 0.5) is 4.79 Å². The van der Waals surface area contributed by atoms with Crippen molar-refractivity contribution in [1.82, 2.24) is 5.32 Å². The van der Waals surface area contributed by atoms with Crippen LogP contribution >= 0.6 is 0 Å². The Bertz CT molecular complexity index is 321. The second kappa shape index (κ2) is 4.59. The summed E-state index contributed by atoms with van der Waals surface area (Å²) in [5.74, 6) is 0. The van der Waals surface area contributed by atoms with E-state index < -0.39 is 16.4 Å². The smallest absolute Gasteiger partial charge is 0.407 e. The molecule has 5 heteroatoms. The molecule has 2 heterocycles. The van der Waals surface area contributed by atoms with Gasteiger partial charge in [0.2, 0.25) is 0 Å². The molecule has 2 bridgehead atoms. The SMILES string of the molecule is CC(C)(C)OC(=O)NC1CC2CCC(C1)S2=O. The minimum atomic E-state index is -0.665. The van der Waals surface area contributed by atoms with Gasteiger partial charge in [0, 0.05) is 27.3 Å². The van der Waals surface area contributed by atoms with Crippen molar-refractivity contribution in [2.24, 2.45) is 0 Å². The van der Waals surface area contributed by atoms with Crippen molar-refractivity contribution in [3.63, 3.8) is 0 Å². The van der Waals surface area contributed by atoms with Crippen LogP contribution in [0.1, 0.15) is 46.5 Å². The molecule has 2 aliphatic heterocycles. The van der Waals surface area contributed by atoms with Crippen LogP contribution < -0.4 is 5.32 Å². The van der Waals surface area contributed by atoms with Gasteiger partial charge in [0.25, 0.3) is 0 Å². The average molecular weight is 259 g/mol. The highest BCUT2D eigenvalue weighted by molar-refractivity contribution is 7.86. The summed E-state index contributed by atoms with van der Waals surface area (Å²) in [6, 6.07) is 0.139. The first-order valence-corrected chi connectivity index (χ1v) is 7.51. The third-order valence-electron chi connectivity index (χ3n) is 3.28. The van der Waals surface area contributed by atoms with Crippen LogP contribution in [0.3, 0.4) is 0 Å². The molecule has 2 fully saturated rings. The Hall–Kier alpha value is -0.580. The quantitative estimate of drug-likeness (QED) is 0.783. The van der Waals surface area contributed by atoms with Crippen molar-refractivity contribution in [3.05, 3.63) is 0 Å². The molecule has 2 unspecified atom stereocenters. The Balaban J connectivity index is 1.85. The minimum Gasteiger partial charge on any atom is -0.444 e. The van der Waals surface area contributed by atoms with Crippen molar-refractivity contribution in [1.29, 1.82) is 0 Å². The molecule has 2 aliphatic rings. The van der Waals surface area contributed by atoms with Crippen LogP contribution in [0.2, 0.25) is 0 Å². The first-order valence-electron chi connectivity index (χ1n) is 6.24. The largest absolute Gasteiger partial charge is 0.444 e. The fraction of sp³-hybridized carbons (Fsp3) is 0.917. The lowest BCUT2D eigenvalue weighted by Gasteiger charge is -2.29. The molecule has 0 aromatic heterocycles. The first kappa shape index (κ1) is 12.9. The average Bonchev–Trinajstić information content (AvgIpc) is 2.42. The molecule has 1 amide bonds. The number of ether oxygens (including phenoxy) is 1. The lowest BCUT2D eigenvalue weighted by atomic mass is 10.1. The number of hydrogen-bond acceptors (Lipinski definition) is 3. The summed E-state index contributed by atoms with van der Waals surface area (Å²) in [5.41, 5.74) is -0.458. The Morgan fingerprint density at radius 3 is 2.24 bits per heavy atom. The fourth-order valence-electron chi connectivity index (χ4n) is 2.62. The van der Waals surface area contributed by atoms with E-state index in [0.717, 1.165) is 25.7 Å². The zero-order chi connectivity index (χ0) is 12.6. The molecule has 0 aromatic carbocycles. The molecule has 1 N–H and O–H groups in total. The maximum absolute atomic E-state index is 11.8. The second-order valence-electron chi connectivity index (χ2n) is 5.96. The first-order chi connectivity index (χ1) is 7.85. The summed E-state index contributed by atoms with van der Waals surface area (Å²) in [5, 5.41) is 3.47. The van der Waals surface area contributed by atoms with E-state index in [9.17, 15) is 9.00 Å². The van der Waals surface area contributed by atoms with Crippen molar-refractivity contribution >= 4 is 16.9 Å². The van der Waals surface area contributed by atoms with E-state index in [-0.39, 0.29) is 22.6 Å². The van der Waals surface area contributed by atoms with Crippen molar-refractivity contribution in [3.8, 4) is 0 Å². The zero-order valence-electron chi connectivity index (χ0n) is 10.7. The van der Waals surface area contributed by atoms with Gasteiger partial charge in [-0.15, -0.1) is 0 Å². The van der Waals surface area contributed by atoms with E-state index in [1.54, 1.807) is 0 Å². The highest BCUT2D eigenvalue weighted by Gasteiger charge is 2.41. The molecule has 0 aromatic rings. The van der Waals surface area contributed by atoms with Gasteiger partial charge in [-0.3, -0.25) is 4.21 Å². The van der Waals surface area contributed by atoms with Crippen molar-refractivity contribution in [2.75, 3.05) is 0 Å². The highest BCUT2D eigenvalue weighted by Crippen LogP contribution is 2.35. The van der Waals surface area contributed by atoms with Gasteiger partial charge in [0.15, 0.2) is 0 Å². The Morgan fingerprint density at radius 2 is 1.76 bits per heavy atom. The normalized spacial score (nSPS) is 36.6. The lowest BCUT2D eigenvalue weighted by molar-refractivity contribution is 0.0499. The highest BCUT2D eigenvalue weighted by atomic mass is 32.2. The van der Waals surface area contributed by atoms with Crippen LogP contribution in [0.25, 0.3) is 0 Å². The summed E-state index contributed by atoms with van der Waals surface area (Å²) in [6.07, 6.45) is 3.41. The number of hydrogen-bond donors (Lipinski definition) is 1. The molecule has 4 nitrogen and oxygen atoms in total. The third kappa shape index (κ3) is 3.21. The molecule has 0 spiro atoms. The molecule has 0 saturated carbocycles. The third-order valence-corrected chi connectivity index (χ3v) is 5.45. The summed E-state index contributed by atoms with van der Waals surface area (Å²) in [4.78, 5) is 11.6. The Labute approximate surface area is 105 Å². The second-order valence-corrected chi connectivity index (χ2v) is 7.95. The van der Waals surface area contributed by atoms with Gasteiger partial charge in [-0.25, -0.2) is 4.79 Å². The van der Waals surface area contributed by atoms with Gasteiger partial charge < -0.3 is 10.1 Å². The molecule has 2 atom stereocenters. The van der Waals surface area contributed by atoms with Gasteiger partial charge in [-0.2, -0.15) is 0 Å². The van der Waals surface area contributed by atoms with Crippen LogP contribution in [0, 0.1) is 0 Å². The van der Waals surface area contributed by atoms with Crippen LogP contribution in [0.15, 0.2) is 0 Å². The van der Waals surface area contributed by atoms with Gasteiger partial charge in [0.05, 0.1) is 0 Å². The Morgan fingerprint density at radius 1 is 1.24 bits per heavy atom. The number of carbonyl (C=O) groups excluding carboxylic acids is 1. The molecular formula is C12H21NO3S. The molecule has 0 radical (unpaired) electrons. The monoisotopic (exact) mass is 259 g/mol. The maximum atomic E-state index is 11.8. The van der Waals surface area contributed by atoms with Crippen molar-refractivity contribution in [2.45, 2.75) is 68.6 Å². The molecule has 17 heavy (non-hydrogen) atoms. The van der Waals surface area contributed by atoms with Gasteiger partial charge in [-0.05, 0) is 46.5 Å².